The van der Waals surface area contributed by atoms with Crippen molar-refractivity contribution in [1.82, 2.24) is 4.90 Å². The van der Waals surface area contributed by atoms with E-state index in [-0.39, 0.29) is 17.6 Å². The average Bonchev–Trinajstić information content (AvgIpc) is 2.75. The molecule has 0 aromatic heterocycles. The zero-order valence-electron chi connectivity index (χ0n) is 11.8. The summed E-state index contributed by atoms with van der Waals surface area (Å²) in [6.45, 7) is 7.72. The number of likely N-dealkylation sites (tertiary alicyclic amines) is 1. The van der Waals surface area contributed by atoms with Gasteiger partial charge in [0.05, 0.1) is 0 Å². The van der Waals surface area contributed by atoms with Crippen molar-refractivity contribution in [2.24, 2.45) is 5.73 Å². The predicted molar refractivity (Wildman–Crippen MR) is 75.3 cm³/mol. The molecule has 0 aliphatic carbocycles. The monoisotopic (exact) mass is 262 g/mol. The van der Waals surface area contributed by atoms with Crippen LogP contribution in [0.15, 0.2) is 24.3 Å². The molecule has 4 heteroatoms. The summed E-state index contributed by atoms with van der Waals surface area (Å²) < 4.78 is 5.35. The average molecular weight is 262 g/mol. The number of hydrogen-bond donors (Lipinski definition) is 1. The maximum Gasteiger partial charge on any atom is 0.415 e. The van der Waals surface area contributed by atoms with E-state index in [2.05, 4.69) is 20.8 Å². The quantitative estimate of drug-likeness (QED) is 0.846. The maximum atomic E-state index is 11.9. The van der Waals surface area contributed by atoms with Crippen LogP contribution in [0.1, 0.15) is 32.8 Å². The standard InChI is InChI=1S/C15H22N2O2/c1-15(2,3)11-4-6-13(7-5-11)19-14(18)17-9-8-12(16)10-17/h4-7,12H,8-10,16H2,1-3H3. The van der Waals surface area contributed by atoms with Gasteiger partial charge in [-0.25, -0.2) is 4.79 Å². The van der Waals surface area contributed by atoms with E-state index in [1.807, 2.05) is 24.3 Å². The molecule has 1 heterocycles. The minimum absolute atomic E-state index is 0.0795. The topological polar surface area (TPSA) is 55.6 Å². The molecule has 1 amide bonds. The third kappa shape index (κ3) is 3.47. The van der Waals surface area contributed by atoms with Crippen molar-refractivity contribution in [3.63, 3.8) is 0 Å². The summed E-state index contributed by atoms with van der Waals surface area (Å²) in [5.41, 5.74) is 7.09. The Hall–Kier alpha value is -1.55. The SMILES string of the molecule is CC(C)(C)c1ccc(OC(=O)N2CCC(N)C2)cc1. The summed E-state index contributed by atoms with van der Waals surface area (Å²) in [5.74, 6) is 0.582. The number of nitrogens with zero attached hydrogens (tertiary/aromatic N) is 1. The van der Waals surface area contributed by atoms with Crippen LogP contribution >= 0.6 is 0 Å². The smallest absolute Gasteiger partial charge is 0.410 e. The van der Waals surface area contributed by atoms with Gasteiger partial charge in [-0.05, 0) is 29.5 Å². The van der Waals surface area contributed by atoms with E-state index in [0.29, 0.717) is 18.8 Å². The summed E-state index contributed by atoms with van der Waals surface area (Å²) >= 11 is 0. The first-order valence-corrected chi connectivity index (χ1v) is 6.69. The fraction of sp³-hybridized carbons (Fsp3) is 0.533. The van der Waals surface area contributed by atoms with E-state index in [1.54, 1.807) is 4.90 Å². The van der Waals surface area contributed by atoms with E-state index >= 15 is 0 Å². The van der Waals surface area contributed by atoms with Crippen LogP contribution in [-0.4, -0.2) is 30.1 Å². The van der Waals surface area contributed by atoms with Gasteiger partial charge >= 0.3 is 6.09 Å². The number of rotatable bonds is 1. The number of benzene rings is 1. The highest BCUT2D eigenvalue weighted by atomic mass is 16.6. The van der Waals surface area contributed by atoms with Crippen molar-refractivity contribution in [3.8, 4) is 5.75 Å². The Morgan fingerprint density at radius 2 is 1.95 bits per heavy atom. The van der Waals surface area contributed by atoms with E-state index < -0.39 is 0 Å². The maximum absolute atomic E-state index is 11.9. The first-order valence-electron chi connectivity index (χ1n) is 6.69. The van der Waals surface area contributed by atoms with E-state index in [4.69, 9.17) is 10.5 Å². The number of carbonyl (C=O) groups excluding carboxylic acids is 1. The van der Waals surface area contributed by atoms with Gasteiger partial charge in [0.2, 0.25) is 0 Å². The van der Waals surface area contributed by atoms with Crippen molar-refractivity contribution in [1.29, 1.82) is 0 Å². The highest BCUT2D eigenvalue weighted by Crippen LogP contribution is 2.24. The molecular weight excluding hydrogens is 240 g/mol. The molecule has 1 atom stereocenters. The molecule has 1 aliphatic heterocycles. The predicted octanol–water partition coefficient (Wildman–Crippen LogP) is 2.52. The molecule has 4 nitrogen and oxygen atoms in total. The van der Waals surface area contributed by atoms with Gasteiger partial charge in [0.15, 0.2) is 0 Å². The second-order valence-corrected chi connectivity index (χ2v) is 6.14. The molecule has 0 spiro atoms. The second-order valence-electron chi connectivity index (χ2n) is 6.14. The summed E-state index contributed by atoms with van der Waals surface area (Å²) in [4.78, 5) is 13.5. The summed E-state index contributed by atoms with van der Waals surface area (Å²) in [7, 11) is 0. The molecule has 104 valence electrons. The normalized spacial score (nSPS) is 19.6. The minimum Gasteiger partial charge on any atom is -0.410 e. The van der Waals surface area contributed by atoms with Crippen LogP contribution in [0, 0.1) is 0 Å². The van der Waals surface area contributed by atoms with Crippen molar-refractivity contribution in [2.45, 2.75) is 38.6 Å². The third-order valence-electron chi connectivity index (χ3n) is 3.41. The van der Waals surface area contributed by atoms with Gasteiger partial charge in [0, 0.05) is 19.1 Å². The van der Waals surface area contributed by atoms with Crippen LogP contribution in [0.5, 0.6) is 5.75 Å². The number of amides is 1. The fourth-order valence-corrected chi connectivity index (χ4v) is 2.14. The molecule has 1 fully saturated rings. The molecule has 1 aliphatic rings. The first kappa shape index (κ1) is 13.9. The van der Waals surface area contributed by atoms with Gasteiger partial charge in [-0.2, -0.15) is 0 Å². The molecule has 1 aromatic carbocycles. The largest absolute Gasteiger partial charge is 0.415 e. The Morgan fingerprint density at radius 1 is 1.32 bits per heavy atom. The molecule has 0 bridgehead atoms. The Morgan fingerprint density at radius 3 is 2.42 bits per heavy atom. The van der Waals surface area contributed by atoms with E-state index in [9.17, 15) is 4.79 Å². The van der Waals surface area contributed by atoms with Gasteiger partial charge in [0.1, 0.15) is 5.75 Å². The molecule has 2 rings (SSSR count). The highest BCUT2D eigenvalue weighted by Gasteiger charge is 2.25. The molecule has 1 unspecified atom stereocenters. The van der Waals surface area contributed by atoms with Gasteiger partial charge < -0.3 is 15.4 Å². The van der Waals surface area contributed by atoms with Crippen LogP contribution in [0.2, 0.25) is 0 Å². The number of ether oxygens (including phenoxy) is 1. The lowest BCUT2D eigenvalue weighted by atomic mass is 9.87. The molecular formula is C15H22N2O2. The van der Waals surface area contributed by atoms with Gasteiger partial charge in [-0.15, -0.1) is 0 Å². The van der Waals surface area contributed by atoms with Crippen LogP contribution < -0.4 is 10.5 Å². The van der Waals surface area contributed by atoms with E-state index in [0.717, 1.165) is 6.42 Å². The third-order valence-corrected chi connectivity index (χ3v) is 3.41. The zero-order chi connectivity index (χ0) is 14.0. The molecule has 19 heavy (non-hydrogen) atoms. The first-order chi connectivity index (χ1) is 8.86. The number of hydrogen-bond acceptors (Lipinski definition) is 3. The minimum atomic E-state index is -0.309. The Balaban J connectivity index is 1.98. The molecule has 0 saturated carbocycles. The van der Waals surface area contributed by atoms with Crippen LogP contribution in [-0.2, 0) is 5.41 Å². The lowest BCUT2D eigenvalue weighted by Gasteiger charge is -2.19. The zero-order valence-corrected chi connectivity index (χ0v) is 11.8. The highest BCUT2D eigenvalue weighted by molar-refractivity contribution is 5.71. The Bertz CT molecular complexity index is 448. The van der Waals surface area contributed by atoms with Gasteiger partial charge in [-0.3, -0.25) is 0 Å². The number of nitrogens with two attached hydrogens (primary N) is 1. The summed E-state index contributed by atoms with van der Waals surface area (Å²) in [5, 5.41) is 0. The van der Waals surface area contributed by atoms with Crippen LogP contribution in [0.4, 0.5) is 4.79 Å². The summed E-state index contributed by atoms with van der Waals surface area (Å²) in [6, 6.07) is 7.76. The Labute approximate surface area is 114 Å². The van der Waals surface area contributed by atoms with Gasteiger partial charge in [0.25, 0.3) is 0 Å². The van der Waals surface area contributed by atoms with Crippen LogP contribution in [0.25, 0.3) is 0 Å². The van der Waals surface area contributed by atoms with Crippen LogP contribution in [0.3, 0.4) is 0 Å². The fourth-order valence-electron chi connectivity index (χ4n) is 2.14. The molecule has 2 N–H and O–H groups in total. The lowest BCUT2D eigenvalue weighted by Crippen LogP contribution is -2.34. The summed E-state index contributed by atoms with van der Waals surface area (Å²) in [6.07, 6.45) is 0.536. The van der Waals surface area contributed by atoms with Crippen molar-refractivity contribution in [2.75, 3.05) is 13.1 Å². The molecule has 0 radical (unpaired) electrons. The molecule has 1 saturated heterocycles. The second kappa shape index (κ2) is 5.21. The van der Waals surface area contributed by atoms with Crippen molar-refractivity contribution in [3.05, 3.63) is 29.8 Å². The number of carbonyl (C=O) groups is 1. The Kier molecular flexibility index (Phi) is 3.80. The van der Waals surface area contributed by atoms with Crippen molar-refractivity contribution >= 4 is 6.09 Å². The lowest BCUT2D eigenvalue weighted by molar-refractivity contribution is 0.162. The van der Waals surface area contributed by atoms with Crippen molar-refractivity contribution < 1.29 is 9.53 Å². The molecule has 1 aromatic rings. The van der Waals surface area contributed by atoms with E-state index in [1.165, 1.54) is 5.56 Å². The van der Waals surface area contributed by atoms with Gasteiger partial charge in [-0.1, -0.05) is 32.9 Å².